The topological polar surface area (TPSA) is 38.9 Å². The number of hydrogen-bond acceptors (Lipinski definition) is 3. The first-order valence-electron chi connectivity index (χ1n) is 5.90. The van der Waals surface area contributed by atoms with Crippen LogP contribution in [0, 0.1) is 5.82 Å². The van der Waals surface area contributed by atoms with E-state index in [-0.39, 0.29) is 5.82 Å². The molecule has 0 atom stereocenters. The highest BCUT2D eigenvalue weighted by molar-refractivity contribution is 9.10. The van der Waals surface area contributed by atoms with Crippen LogP contribution >= 0.6 is 27.7 Å². The number of halogens is 2. The minimum atomic E-state index is -0.237. The first-order chi connectivity index (χ1) is 9.63. The van der Waals surface area contributed by atoms with Crippen LogP contribution in [0.3, 0.4) is 0 Å². The summed E-state index contributed by atoms with van der Waals surface area (Å²) in [5.74, 6) is -0.237. The summed E-state index contributed by atoms with van der Waals surface area (Å²) in [5, 5.41) is 0.909. The summed E-state index contributed by atoms with van der Waals surface area (Å²) < 4.78 is 13.8. The van der Waals surface area contributed by atoms with Crippen molar-refractivity contribution in [2.75, 3.05) is 5.73 Å². The van der Waals surface area contributed by atoms with Gasteiger partial charge in [0.05, 0.1) is 5.52 Å². The Labute approximate surface area is 128 Å². The molecule has 20 heavy (non-hydrogen) atoms. The van der Waals surface area contributed by atoms with E-state index in [9.17, 15) is 4.39 Å². The van der Waals surface area contributed by atoms with Gasteiger partial charge < -0.3 is 5.73 Å². The molecule has 5 heteroatoms. The minimum Gasteiger partial charge on any atom is -0.398 e. The summed E-state index contributed by atoms with van der Waals surface area (Å²) in [6.07, 6.45) is 1.75. The summed E-state index contributed by atoms with van der Waals surface area (Å²) in [7, 11) is 0. The van der Waals surface area contributed by atoms with Gasteiger partial charge in [0, 0.05) is 31.5 Å². The van der Waals surface area contributed by atoms with E-state index in [4.69, 9.17) is 5.73 Å². The van der Waals surface area contributed by atoms with Gasteiger partial charge in [0.1, 0.15) is 5.82 Å². The largest absolute Gasteiger partial charge is 0.398 e. The highest BCUT2D eigenvalue weighted by Crippen LogP contribution is 2.35. The van der Waals surface area contributed by atoms with Crippen LogP contribution in [-0.4, -0.2) is 4.98 Å². The molecule has 0 bridgehead atoms. The van der Waals surface area contributed by atoms with Gasteiger partial charge in [-0.1, -0.05) is 11.8 Å². The summed E-state index contributed by atoms with van der Waals surface area (Å²) in [6.45, 7) is 0. The SMILES string of the molecule is Nc1ccc(Sc2ccc(F)cc2)c2ncc(Br)cc12. The third-order valence-corrected chi connectivity index (χ3v) is 4.35. The van der Waals surface area contributed by atoms with Crippen molar-refractivity contribution in [1.29, 1.82) is 0 Å². The van der Waals surface area contributed by atoms with E-state index in [0.29, 0.717) is 5.69 Å². The average Bonchev–Trinajstić information content (AvgIpc) is 2.44. The Morgan fingerprint density at radius 1 is 1.10 bits per heavy atom. The molecule has 0 aliphatic rings. The zero-order valence-electron chi connectivity index (χ0n) is 10.3. The van der Waals surface area contributed by atoms with Gasteiger partial charge in [0.2, 0.25) is 0 Å². The summed E-state index contributed by atoms with van der Waals surface area (Å²) in [5.41, 5.74) is 7.53. The van der Waals surface area contributed by atoms with Crippen molar-refractivity contribution < 1.29 is 4.39 Å². The van der Waals surface area contributed by atoms with Gasteiger partial charge in [-0.15, -0.1) is 0 Å². The highest BCUT2D eigenvalue weighted by atomic mass is 79.9. The van der Waals surface area contributed by atoms with Crippen molar-refractivity contribution in [3.8, 4) is 0 Å². The monoisotopic (exact) mass is 348 g/mol. The highest BCUT2D eigenvalue weighted by Gasteiger charge is 2.08. The van der Waals surface area contributed by atoms with Crippen molar-refractivity contribution in [1.82, 2.24) is 4.98 Å². The van der Waals surface area contributed by atoms with Crippen LogP contribution in [0.1, 0.15) is 0 Å². The number of benzene rings is 2. The number of fused-ring (bicyclic) bond motifs is 1. The van der Waals surface area contributed by atoms with E-state index in [1.807, 2.05) is 18.2 Å². The molecule has 0 saturated heterocycles. The average molecular weight is 349 g/mol. The molecular weight excluding hydrogens is 339 g/mol. The third-order valence-electron chi connectivity index (χ3n) is 2.85. The fourth-order valence-electron chi connectivity index (χ4n) is 1.90. The molecule has 0 spiro atoms. The van der Waals surface area contributed by atoms with Gasteiger partial charge in [0.25, 0.3) is 0 Å². The Kier molecular flexibility index (Phi) is 3.63. The lowest BCUT2D eigenvalue weighted by Crippen LogP contribution is -1.90. The van der Waals surface area contributed by atoms with Crippen LogP contribution in [0.5, 0.6) is 0 Å². The standard InChI is InChI=1S/C15H10BrFN2S/c16-9-7-12-13(18)5-6-14(15(12)19-8-9)20-11-3-1-10(17)2-4-11/h1-8H,18H2. The zero-order valence-corrected chi connectivity index (χ0v) is 12.7. The van der Waals surface area contributed by atoms with Gasteiger partial charge in [0.15, 0.2) is 0 Å². The molecule has 2 nitrogen and oxygen atoms in total. The third kappa shape index (κ3) is 2.64. The number of rotatable bonds is 2. The van der Waals surface area contributed by atoms with E-state index in [0.717, 1.165) is 25.2 Å². The van der Waals surface area contributed by atoms with Crippen LogP contribution in [0.4, 0.5) is 10.1 Å². The van der Waals surface area contributed by atoms with Crippen molar-refractivity contribution in [2.45, 2.75) is 9.79 Å². The molecule has 0 unspecified atom stereocenters. The summed E-state index contributed by atoms with van der Waals surface area (Å²) >= 11 is 4.94. The van der Waals surface area contributed by atoms with Crippen LogP contribution < -0.4 is 5.73 Å². The smallest absolute Gasteiger partial charge is 0.123 e. The van der Waals surface area contributed by atoms with Crippen molar-refractivity contribution in [3.05, 3.63) is 59.0 Å². The lowest BCUT2D eigenvalue weighted by atomic mass is 10.2. The Bertz CT molecular complexity index is 775. The van der Waals surface area contributed by atoms with Crippen LogP contribution in [0.25, 0.3) is 10.9 Å². The Hall–Kier alpha value is -1.59. The van der Waals surface area contributed by atoms with E-state index in [2.05, 4.69) is 20.9 Å². The Balaban J connectivity index is 2.08. The molecule has 0 aliphatic heterocycles. The lowest BCUT2D eigenvalue weighted by molar-refractivity contribution is 0.626. The second kappa shape index (κ2) is 5.42. The number of hydrogen-bond donors (Lipinski definition) is 1. The fourth-order valence-corrected chi connectivity index (χ4v) is 3.15. The molecule has 1 aromatic heterocycles. The van der Waals surface area contributed by atoms with E-state index >= 15 is 0 Å². The number of pyridine rings is 1. The molecule has 0 amide bonds. The predicted octanol–water partition coefficient (Wildman–Crippen LogP) is 4.87. The van der Waals surface area contributed by atoms with Gasteiger partial charge in [-0.25, -0.2) is 4.39 Å². The van der Waals surface area contributed by atoms with Crippen LogP contribution in [0.15, 0.2) is 62.9 Å². The normalized spacial score (nSPS) is 10.9. The van der Waals surface area contributed by atoms with Gasteiger partial charge in [-0.3, -0.25) is 4.98 Å². The van der Waals surface area contributed by atoms with Gasteiger partial charge >= 0.3 is 0 Å². The maximum absolute atomic E-state index is 12.9. The summed E-state index contributed by atoms with van der Waals surface area (Å²) in [4.78, 5) is 6.39. The molecule has 2 N–H and O–H groups in total. The lowest BCUT2D eigenvalue weighted by Gasteiger charge is -2.08. The molecule has 0 fully saturated rings. The number of anilines is 1. The quantitative estimate of drug-likeness (QED) is 0.671. The summed E-state index contributed by atoms with van der Waals surface area (Å²) in [6, 6.07) is 12.2. The maximum atomic E-state index is 12.9. The molecule has 2 aromatic carbocycles. The maximum Gasteiger partial charge on any atom is 0.123 e. The van der Waals surface area contributed by atoms with E-state index in [1.54, 1.807) is 30.1 Å². The molecular formula is C15H10BrFN2S. The first kappa shape index (κ1) is 13.4. The van der Waals surface area contributed by atoms with Crippen LogP contribution in [-0.2, 0) is 0 Å². The molecule has 0 radical (unpaired) electrons. The molecule has 1 heterocycles. The first-order valence-corrected chi connectivity index (χ1v) is 7.51. The second-order valence-electron chi connectivity index (χ2n) is 4.26. The predicted molar refractivity (Wildman–Crippen MR) is 84.4 cm³/mol. The number of nitrogens with zero attached hydrogens (tertiary/aromatic N) is 1. The fraction of sp³-hybridized carbons (Fsp3) is 0. The van der Waals surface area contributed by atoms with Crippen molar-refractivity contribution in [3.63, 3.8) is 0 Å². The number of aromatic nitrogens is 1. The number of nitrogen functional groups attached to an aromatic ring is 1. The van der Waals surface area contributed by atoms with Crippen LogP contribution in [0.2, 0.25) is 0 Å². The molecule has 3 aromatic rings. The minimum absolute atomic E-state index is 0.237. The molecule has 0 saturated carbocycles. The number of nitrogens with two attached hydrogens (primary N) is 1. The molecule has 100 valence electrons. The van der Waals surface area contributed by atoms with Crippen molar-refractivity contribution >= 4 is 44.3 Å². The molecule has 0 aliphatic carbocycles. The van der Waals surface area contributed by atoms with E-state index in [1.165, 1.54) is 12.1 Å². The second-order valence-corrected chi connectivity index (χ2v) is 6.29. The van der Waals surface area contributed by atoms with E-state index < -0.39 is 0 Å². The molecule has 3 rings (SSSR count). The Morgan fingerprint density at radius 3 is 2.60 bits per heavy atom. The van der Waals surface area contributed by atoms with Gasteiger partial charge in [-0.2, -0.15) is 0 Å². The zero-order chi connectivity index (χ0) is 14.1. The van der Waals surface area contributed by atoms with Gasteiger partial charge in [-0.05, 0) is 58.4 Å². The Morgan fingerprint density at radius 2 is 1.85 bits per heavy atom. The van der Waals surface area contributed by atoms with Crippen molar-refractivity contribution in [2.24, 2.45) is 0 Å².